The second kappa shape index (κ2) is 10.9. The molecule has 0 spiro atoms. The van der Waals surface area contributed by atoms with E-state index < -0.39 is 40.1 Å². The molecule has 6 nitrogen and oxygen atoms in total. The van der Waals surface area contributed by atoms with E-state index in [1.165, 1.54) is 18.2 Å². The predicted molar refractivity (Wildman–Crippen MR) is 130 cm³/mol. The first kappa shape index (κ1) is 23.4. The average Bonchev–Trinajstić information content (AvgIpc) is 3.10. The summed E-state index contributed by atoms with van der Waals surface area (Å²) in [6, 6.07) is 9.53. The van der Waals surface area contributed by atoms with Gasteiger partial charge in [-0.3, -0.25) is 15.0 Å². The van der Waals surface area contributed by atoms with Gasteiger partial charge in [-0.25, -0.2) is 13.6 Å². The Morgan fingerprint density at radius 3 is 2.36 bits per heavy atom. The molecule has 33 heavy (non-hydrogen) atoms. The van der Waals surface area contributed by atoms with Crippen LogP contribution in [0.5, 0.6) is 0 Å². The zero-order valence-electron chi connectivity index (χ0n) is 19.0. The van der Waals surface area contributed by atoms with Gasteiger partial charge in [0, 0.05) is 27.9 Å². The number of alkyl halides is 1. The van der Waals surface area contributed by atoms with Crippen molar-refractivity contribution in [2.75, 3.05) is 17.7 Å². The van der Waals surface area contributed by atoms with Crippen molar-refractivity contribution in [1.82, 2.24) is 4.90 Å². The fraction of sp³-hybridized carbons (Fsp3) is 0.261. The summed E-state index contributed by atoms with van der Waals surface area (Å²) in [4.78, 5) is 25.5. The largest absolute Gasteiger partial charge is 0.449 e. The zero-order chi connectivity index (χ0) is 25.0. The maximum absolute atomic E-state index is 14.5. The molecule has 3 rings (SSSR count). The van der Waals surface area contributed by atoms with Gasteiger partial charge in [-0.15, -0.1) is 0 Å². The first-order chi connectivity index (χ1) is 16.2. The molecule has 176 valence electrons. The van der Waals surface area contributed by atoms with Crippen LogP contribution in [-0.2, 0) is 11.3 Å². The molecule has 0 saturated heterocycles. The van der Waals surface area contributed by atoms with Gasteiger partial charge in [0.2, 0.25) is 0 Å². The normalized spacial score (nSPS) is 17.2. The van der Waals surface area contributed by atoms with Crippen molar-refractivity contribution in [1.29, 1.82) is 0 Å². The summed E-state index contributed by atoms with van der Waals surface area (Å²) in [5.74, 6) is -1.07. The van der Waals surface area contributed by atoms with Crippen LogP contribution in [0.25, 0.3) is 4.91 Å². The number of amides is 1. The van der Waals surface area contributed by atoms with Gasteiger partial charge in [0.25, 0.3) is 5.69 Å². The minimum absolute atomic E-state index is 0.0493. The molecule has 1 unspecified atom stereocenters. The summed E-state index contributed by atoms with van der Waals surface area (Å²) >= 11 is 3.42. The Morgan fingerprint density at radius 2 is 1.85 bits per heavy atom. The third kappa shape index (κ3) is 5.27. The van der Waals surface area contributed by atoms with Crippen LogP contribution < -0.4 is 0 Å². The number of nitro benzene ring substituents is 1. The Kier molecular flexibility index (Phi) is 7.77. The molecule has 1 heterocycles. The quantitative estimate of drug-likeness (QED) is 0.179. The van der Waals surface area contributed by atoms with E-state index >= 15 is 0 Å². The fourth-order valence-electron chi connectivity index (χ4n) is 3.49. The maximum Gasteiger partial charge on any atom is 0.414 e. The van der Waals surface area contributed by atoms with Crippen molar-refractivity contribution in [2.24, 2.45) is 0 Å². The van der Waals surface area contributed by atoms with Gasteiger partial charge in [0.05, 0.1) is 24.5 Å². The van der Waals surface area contributed by atoms with E-state index in [-0.39, 0.29) is 23.9 Å². The second-order valence-electron chi connectivity index (χ2n) is 6.94. The van der Waals surface area contributed by atoms with Crippen LogP contribution >= 0.6 is 26.8 Å². The fourth-order valence-corrected chi connectivity index (χ4v) is 6.59. The molecule has 2 aromatic rings. The van der Waals surface area contributed by atoms with Crippen LogP contribution in [0.4, 0.5) is 19.3 Å². The smallest absolute Gasteiger partial charge is 0.414 e. The third-order valence-corrected chi connectivity index (χ3v) is 8.12. The van der Waals surface area contributed by atoms with E-state index in [0.717, 1.165) is 21.9 Å². The Hall–Kier alpha value is -2.72. The lowest BCUT2D eigenvalue weighted by molar-refractivity contribution is -0.384. The monoisotopic (exact) mass is 541 g/mol. The number of rotatable bonds is 8. The molecule has 2 aromatic carbocycles. The molecule has 0 saturated carbocycles. The van der Waals surface area contributed by atoms with Gasteiger partial charge >= 0.3 is 6.09 Å². The van der Waals surface area contributed by atoms with E-state index in [4.69, 9.17) is 6.11 Å². The summed E-state index contributed by atoms with van der Waals surface area (Å²) in [5.41, 5.74) is 0.936. The Labute approximate surface area is 203 Å². The lowest BCUT2D eigenvalue weighted by Crippen LogP contribution is -2.31. The highest BCUT2D eigenvalue weighted by molar-refractivity contribution is 9.09. The molecule has 1 atom stereocenters. The standard InChI is InChI=1S/C23H23BrF2N2O4S/c1-3-32-23(29)27(14-18-19(25)6-5-7-20(18)26)21-12-16(13-24)22(33(21)4-2)15-8-10-17(11-9-15)28(30)31/h5-12,33H,3-4,13-14H2,1-2H3/i12D. The van der Waals surface area contributed by atoms with Crippen LogP contribution in [0.15, 0.2) is 59.1 Å². The lowest BCUT2D eigenvalue weighted by Gasteiger charge is -2.31. The molecule has 1 aliphatic rings. The van der Waals surface area contributed by atoms with Crippen molar-refractivity contribution in [3.8, 4) is 0 Å². The number of nitro groups is 1. The zero-order valence-corrected chi connectivity index (χ0v) is 20.5. The second-order valence-corrected chi connectivity index (χ2v) is 9.86. The molecule has 0 N–H and O–H groups in total. The van der Waals surface area contributed by atoms with E-state index in [1.54, 1.807) is 19.1 Å². The Morgan fingerprint density at radius 1 is 1.21 bits per heavy atom. The summed E-state index contributed by atoms with van der Waals surface area (Å²) < 4.78 is 43.0. The van der Waals surface area contributed by atoms with Gasteiger partial charge in [0.1, 0.15) is 11.6 Å². The molecule has 0 aromatic heterocycles. The minimum Gasteiger partial charge on any atom is -0.449 e. The van der Waals surface area contributed by atoms with E-state index in [9.17, 15) is 23.7 Å². The van der Waals surface area contributed by atoms with Gasteiger partial charge in [0.15, 0.2) is 0 Å². The summed E-state index contributed by atoms with van der Waals surface area (Å²) in [7, 11) is -1.30. The van der Waals surface area contributed by atoms with E-state index in [0.29, 0.717) is 27.2 Å². The first-order valence-corrected chi connectivity index (χ1v) is 12.8. The molecular formula is C23H23BrF2N2O4S. The van der Waals surface area contributed by atoms with Crippen LogP contribution in [0.1, 0.15) is 26.3 Å². The highest BCUT2D eigenvalue weighted by Crippen LogP contribution is 2.56. The van der Waals surface area contributed by atoms with Gasteiger partial charge < -0.3 is 4.74 Å². The van der Waals surface area contributed by atoms with Crippen LogP contribution in [0, 0.1) is 21.7 Å². The summed E-state index contributed by atoms with van der Waals surface area (Å²) in [5, 5.41) is 11.7. The maximum atomic E-state index is 14.5. The van der Waals surface area contributed by atoms with Crippen LogP contribution in [0.2, 0.25) is 0 Å². The molecule has 10 heteroatoms. The molecule has 0 aliphatic carbocycles. The number of ether oxygens (including phenoxy) is 1. The number of carbonyl (C=O) groups is 1. The average molecular weight is 542 g/mol. The molecular weight excluding hydrogens is 518 g/mol. The van der Waals surface area contributed by atoms with Crippen molar-refractivity contribution in [3.05, 3.63) is 92.0 Å². The Balaban J connectivity index is 2.11. The molecule has 0 radical (unpaired) electrons. The number of allylic oxidation sites excluding steroid dienone is 2. The van der Waals surface area contributed by atoms with Crippen LogP contribution in [-0.4, -0.2) is 33.6 Å². The van der Waals surface area contributed by atoms with Gasteiger partial charge in [-0.1, -0.05) is 28.9 Å². The number of benzene rings is 2. The van der Waals surface area contributed by atoms with Crippen molar-refractivity contribution in [3.63, 3.8) is 0 Å². The minimum atomic E-state index is -1.30. The highest BCUT2D eigenvalue weighted by atomic mass is 79.9. The lowest BCUT2D eigenvalue weighted by atomic mass is 10.1. The number of nitrogens with zero attached hydrogens (tertiary/aromatic N) is 2. The summed E-state index contributed by atoms with van der Waals surface area (Å²) in [6.07, 6.45) is -0.801. The SMILES string of the molecule is [2H]C1=C(N(Cc2c(F)cccc2F)C(=O)OCC)[SH](CC)C(c2ccc([N+](=O)[O-])cc2)=C1CBr. The van der Waals surface area contributed by atoms with Crippen LogP contribution in [0.3, 0.4) is 0 Å². The molecule has 0 fully saturated rings. The third-order valence-electron chi connectivity index (χ3n) is 5.00. The Bertz CT molecular complexity index is 1150. The number of hydrogen-bond acceptors (Lipinski definition) is 4. The molecule has 1 aliphatic heterocycles. The number of halogens is 3. The number of carbonyl (C=O) groups excluding carboxylic acids is 1. The van der Waals surface area contributed by atoms with E-state index in [1.807, 2.05) is 6.92 Å². The van der Waals surface area contributed by atoms with Crippen molar-refractivity contribution < 1.29 is 24.6 Å². The number of non-ortho nitro benzene ring substituents is 1. The first-order valence-electron chi connectivity index (χ1n) is 10.6. The van der Waals surface area contributed by atoms with Crippen molar-refractivity contribution in [2.45, 2.75) is 20.4 Å². The molecule has 0 bridgehead atoms. The van der Waals surface area contributed by atoms with Gasteiger partial charge in [-0.2, -0.15) is 10.9 Å². The summed E-state index contributed by atoms with van der Waals surface area (Å²) in [6.45, 7) is 3.14. The predicted octanol–water partition coefficient (Wildman–Crippen LogP) is 6.51. The van der Waals surface area contributed by atoms with Gasteiger partial charge in [-0.05, 0) is 54.1 Å². The van der Waals surface area contributed by atoms with Crippen molar-refractivity contribution >= 4 is 43.5 Å². The topological polar surface area (TPSA) is 72.7 Å². The number of thiol groups is 1. The molecule has 1 amide bonds. The highest BCUT2D eigenvalue weighted by Gasteiger charge is 2.33. The van der Waals surface area contributed by atoms with E-state index in [2.05, 4.69) is 15.9 Å². The number of hydrogen-bond donors (Lipinski definition) is 1.